The smallest absolute Gasteiger partial charge is 0.165 e. The van der Waals surface area contributed by atoms with E-state index < -0.39 is 0 Å². The highest BCUT2D eigenvalue weighted by molar-refractivity contribution is 6.31. The van der Waals surface area contributed by atoms with Crippen molar-refractivity contribution < 1.29 is 9.84 Å². The molecule has 0 heterocycles. The monoisotopic (exact) mass is 269 g/mol. The normalized spacial score (nSPS) is 18.6. The maximum Gasteiger partial charge on any atom is 0.165 e. The molecule has 0 bridgehead atoms. The van der Waals surface area contributed by atoms with Gasteiger partial charge in [-0.1, -0.05) is 30.9 Å². The van der Waals surface area contributed by atoms with Gasteiger partial charge in [-0.2, -0.15) is 0 Å². The fourth-order valence-electron chi connectivity index (χ4n) is 3.03. The van der Waals surface area contributed by atoms with Gasteiger partial charge < -0.3 is 15.6 Å². The summed E-state index contributed by atoms with van der Waals surface area (Å²) in [6, 6.07) is 3.29. The van der Waals surface area contributed by atoms with Gasteiger partial charge in [0.2, 0.25) is 0 Å². The number of nitrogens with two attached hydrogens (primary N) is 1. The van der Waals surface area contributed by atoms with Crippen LogP contribution < -0.4 is 10.5 Å². The first-order valence-electron chi connectivity index (χ1n) is 6.40. The zero-order valence-corrected chi connectivity index (χ0v) is 11.5. The van der Waals surface area contributed by atoms with E-state index in [9.17, 15) is 5.11 Å². The number of phenols is 1. The summed E-state index contributed by atoms with van der Waals surface area (Å²) in [5.74, 6) is 0.616. The van der Waals surface area contributed by atoms with Gasteiger partial charge in [-0.05, 0) is 25.0 Å². The number of hydrogen-bond acceptors (Lipinski definition) is 3. The van der Waals surface area contributed by atoms with Gasteiger partial charge in [-0.15, -0.1) is 0 Å². The molecule has 1 saturated carbocycles. The van der Waals surface area contributed by atoms with E-state index in [-0.39, 0.29) is 11.2 Å². The van der Waals surface area contributed by atoms with Crippen molar-refractivity contribution in [2.45, 2.75) is 37.5 Å². The highest BCUT2D eigenvalue weighted by atomic mass is 35.5. The second-order valence-electron chi connectivity index (χ2n) is 5.02. The molecule has 0 amide bonds. The Morgan fingerprint density at radius 3 is 2.56 bits per heavy atom. The predicted molar refractivity (Wildman–Crippen MR) is 73.5 cm³/mol. The van der Waals surface area contributed by atoms with E-state index in [1.54, 1.807) is 19.2 Å². The number of hydrogen-bond donors (Lipinski definition) is 2. The van der Waals surface area contributed by atoms with E-state index in [1.165, 1.54) is 6.42 Å². The zero-order valence-electron chi connectivity index (χ0n) is 10.7. The lowest BCUT2D eigenvalue weighted by atomic mass is 9.69. The van der Waals surface area contributed by atoms with Gasteiger partial charge in [0.05, 0.1) is 7.11 Å². The summed E-state index contributed by atoms with van der Waals surface area (Å²) in [4.78, 5) is 0. The van der Waals surface area contributed by atoms with Crippen LogP contribution in [0, 0.1) is 0 Å². The summed E-state index contributed by atoms with van der Waals surface area (Å²) in [5, 5.41) is 10.6. The van der Waals surface area contributed by atoms with Gasteiger partial charge in [-0.25, -0.2) is 0 Å². The molecule has 0 aromatic heterocycles. The van der Waals surface area contributed by atoms with Gasteiger partial charge in [-0.3, -0.25) is 0 Å². The molecule has 1 aromatic carbocycles. The minimum Gasteiger partial charge on any atom is -0.504 e. The standard InChI is InChI=1S/C14H20ClNO2/c1-18-13-11(17)6-5-10(15)12(13)14(9-16)7-3-2-4-8-14/h5-6,17H,2-4,7-9,16H2,1H3. The third kappa shape index (κ3) is 2.17. The summed E-state index contributed by atoms with van der Waals surface area (Å²) in [6.45, 7) is 0.534. The lowest BCUT2D eigenvalue weighted by Gasteiger charge is -2.38. The minimum atomic E-state index is -0.153. The zero-order chi connectivity index (χ0) is 13.2. The SMILES string of the molecule is COc1c(O)ccc(Cl)c1C1(CN)CCCCC1. The van der Waals surface area contributed by atoms with Crippen molar-refractivity contribution >= 4 is 11.6 Å². The van der Waals surface area contributed by atoms with Crippen LogP contribution >= 0.6 is 11.6 Å². The summed E-state index contributed by atoms with van der Waals surface area (Å²) in [5.41, 5.74) is 6.75. The Labute approximate surface area is 113 Å². The maximum atomic E-state index is 9.93. The van der Waals surface area contributed by atoms with Crippen LogP contribution in [0.3, 0.4) is 0 Å². The average Bonchev–Trinajstić information content (AvgIpc) is 2.41. The van der Waals surface area contributed by atoms with Crippen molar-refractivity contribution in [1.29, 1.82) is 0 Å². The molecule has 4 heteroatoms. The second-order valence-corrected chi connectivity index (χ2v) is 5.43. The fraction of sp³-hybridized carbons (Fsp3) is 0.571. The molecule has 0 aliphatic heterocycles. The number of aromatic hydroxyl groups is 1. The first kappa shape index (κ1) is 13.5. The molecular formula is C14H20ClNO2. The van der Waals surface area contributed by atoms with Crippen LogP contribution in [0.1, 0.15) is 37.7 Å². The summed E-state index contributed by atoms with van der Waals surface area (Å²) >= 11 is 6.34. The minimum absolute atomic E-state index is 0.135. The molecule has 0 spiro atoms. The van der Waals surface area contributed by atoms with Crippen molar-refractivity contribution in [2.24, 2.45) is 5.73 Å². The number of ether oxygens (including phenoxy) is 1. The number of halogens is 1. The second kappa shape index (κ2) is 5.37. The van der Waals surface area contributed by atoms with Gasteiger partial charge in [0, 0.05) is 22.5 Å². The van der Waals surface area contributed by atoms with Crippen molar-refractivity contribution in [3.63, 3.8) is 0 Å². The molecule has 0 unspecified atom stereocenters. The van der Waals surface area contributed by atoms with Crippen molar-refractivity contribution in [3.05, 3.63) is 22.7 Å². The van der Waals surface area contributed by atoms with Gasteiger partial charge in [0.15, 0.2) is 11.5 Å². The van der Waals surface area contributed by atoms with Crippen molar-refractivity contribution in [3.8, 4) is 11.5 Å². The molecule has 100 valence electrons. The van der Waals surface area contributed by atoms with Crippen molar-refractivity contribution in [1.82, 2.24) is 0 Å². The third-order valence-corrected chi connectivity index (χ3v) is 4.34. The highest BCUT2D eigenvalue weighted by Crippen LogP contribution is 2.48. The van der Waals surface area contributed by atoms with Crippen LogP contribution in [0.2, 0.25) is 5.02 Å². The van der Waals surface area contributed by atoms with Gasteiger partial charge >= 0.3 is 0 Å². The molecule has 3 N–H and O–H groups in total. The van der Waals surface area contributed by atoms with E-state index in [0.29, 0.717) is 17.3 Å². The van der Waals surface area contributed by atoms with Gasteiger partial charge in [0.1, 0.15) is 0 Å². The Hall–Kier alpha value is -0.930. The first-order valence-corrected chi connectivity index (χ1v) is 6.78. The lowest BCUT2D eigenvalue weighted by molar-refractivity contribution is 0.283. The molecular weight excluding hydrogens is 250 g/mol. The third-order valence-electron chi connectivity index (χ3n) is 4.02. The molecule has 1 aromatic rings. The summed E-state index contributed by atoms with van der Waals surface area (Å²) < 4.78 is 5.35. The molecule has 0 radical (unpaired) electrons. The Kier molecular flexibility index (Phi) is 4.03. The molecule has 0 atom stereocenters. The molecule has 0 saturated heterocycles. The fourth-order valence-corrected chi connectivity index (χ4v) is 3.38. The number of phenolic OH excluding ortho intramolecular Hbond substituents is 1. The predicted octanol–water partition coefficient (Wildman–Crippen LogP) is 3.21. The van der Waals surface area contributed by atoms with Crippen LogP contribution in [0.4, 0.5) is 0 Å². The van der Waals surface area contributed by atoms with Crippen LogP contribution in [-0.4, -0.2) is 18.8 Å². The Balaban J connectivity index is 2.56. The van der Waals surface area contributed by atoms with E-state index >= 15 is 0 Å². The topological polar surface area (TPSA) is 55.5 Å². The number of methoxy groups -OCH3 is 1. The Bertz CT molecular complexity index is 428. The largest absolute Gasteiger partial charge is 0.504 e. The molecule has 18 heavy (non-hydrogen) atoms. The van der Waals surface area contributed by atoms with Crippen LogP contribution in [0.5, 0.6) is 11.5 Å². The van der Waals surface area contributed by atoms with Crippen LogP contribution in [0.25, 0.3) is 0 Å². The molecule has 1 aliphatic carbocycles. The highest BCUT2D eigenvalue weighted by Gasteiger charge is 2.37. The molecule has 3 nitrogen and oxygen atoms in total. The average molecular weight is 270 g/mol. The van der Waals surface area contributed by atoms with E-state index in [2.05, 4.69) is 0 Å². The Morgan fingerprint density at radius 2 is 2.00 bits per heavy atom. The summed E-state index contributed by atoms with van der Waals surface area (Å²) in [7, 11) is 1.56. The van der Waals surface area contributed by atoms with E-state index in [0.717, 1.165) is 31.2 Å². The molecule has 1 aliphatic rings. The molecule has 1 fully saturated rings. The first-order chi connectivity index (χ1) is 8.64. The lowest BCUT2D eigenvalue weighted by Crippen LogP contribution is -2.37. The summed E-state index contributed by atoms with van der Waals surface area (Å²) in [6.07, 6.45) is 5.53. The quantitative estimate of drug-likeness (QED) is 0.886. The maximum absolute atomic E-state index is 9.93. The van der Waals surface area contributed by atoms with Crippen LogP contribution in [0.15, 0.2) is 12.1 Å². The van der Waals surface area contributed by atoms with E-state index in [1.807, 2.05) is 0 Å². The van der Waals surface area contributed by atoms with Crippen molar-refractivity contribution in [2.75, 3.05) is 13.7 Å². The Morgan fingerprint density at radius 1 is 1.33 bits per heavy atom. The number of rotatable bonds is 3. The number of benzene rings is 1. The van der Waals surface area contributed by atoms with Crippen LogP contribution in [-0.2, 0) is 5.41 Å². The van der Waals surface area contributed by atoms with E-state index in [4.69, 9.17) is 22.1 Å². The van der Waals surface area contributed by atoms with Gasteiger partial charge in [0.25, 0.3) is 0 Å². The molecule has 2 rings (SSSR count).